The number of aromatic nitrogens is 1. The van der Waals surface area contributed by atoms with Gasteiger partial charge in [0.15, 0.2) is 0 Å². The van der Waals surface area contributed by atoms with Gasteiger partial charge in [-0.15, -0.1) is 11.8 Å². The van der Waals surface area contributed by atoms with E-state index < -0.39 is 12.0 Å². The zero-order chi connectivity index (χ0) is 18.8. The highest BCUT2D eigenvalue weighted by Crippen LogP contribution is 2.36. The van der Waals surface area contributed by atoms with Crippen LogP contribution in [0.1, 0.15) is 30.0 Å². The predicted octanol–water partition coefficient (Wildman–Crippen LogP) is 4.60. The standard InChI is InChI=1S/C22H22N2O2S/c1-27-18-10-8-15(9-11-18)21(24-12-4-7-20(24)22(25)26)17-13-16-5-2-3-6-19(16)23-14-17/h2-3,5-6,8-11,13-14,20-21H,4,7,12H2,1H3,(H,25,26). The Morgan fingerprint density at radius 1 is 1.19 bits per heavy atom. The van der Waals surface area contributed by atoms with Crippen LogP contribution in [0, 0.1) is 0 Å². The Hall–Kier alpha value is -2.37. The second-order valence-corrected chi connectivity index (χ2v) is 7.75. The fourth-order valence-electron chi connectivity index (χ4n) is 3.96. The molecule has 27 heavy (non-hydrogen) atoms. The lowest BCUT2D eigenvalue weighted by Crippen LogP contribution is -2.39. The highest BCUT2D eigenvalue weighted by molar-refractivity contribution is 7.98. The third-order valence-corrected chi connectivity index (χ3v) is 6.01. The molecule has 0 radical (unpaired) electrons. The lowest BCUT2D eigenvalue weighted by molar-refractivity contribution is -0.142. The Kier molecular flexibility index (Phi) is 5.14. The largest absolute Gasteiger partial charge is 0.480 e. The van der Waals surface area contributed by atoms with Gasteiger partial charge in [-0.25, -0.2) is 0 Å². The molecule has 0 saturated carbocycles. The topological polar surface area (TPSA) is 53.4 Å². The molecule has 0 bridgehead atoms. The van der Waals surface area contributed by atoms with Gasteiger partial charge in [0, 0.05) is 23.0 Å². The van der Waals surface area contributed by atoms with Crippen molar-refractivity contribution < 1.29 is 9.90 Å². The minimum atomic E-state index is -0.744. The Bertz CT molecular complexity index is 958. The number of thioether (sulfide) groups is 1. The van der Waals surface area contributed by atoms with Crippen LogP contribution in [0.4, 0.5) is 0 Å². The first-order valence-electron chi connectivity index (χ1n) is 9.14. The molecule has 2 aromatic carbocycles. The smallest absolute Gasteiger partial charge is 0.320 e. The van der Waals surface area contributed by atoms with Gasteiger partial charge in [0.2, 0.25) is 0 Å². The molecule has 1 aliphatic heterocycles. The maximum Gasteiger partial charge on any atom is 0.320 e. The molecule has 2 atom stereocenters. The minimum absolute atomic E-state index is 0.110. The van der Waals surface area contributed by atoms with Crippen molar-refractivity contribution in [2.24, 2.45) is 0 Å². The molecule has 0 aliphatic carbocycles. The average molecular weight is 378 g/mol. The van der Waals surface area contributed by atoms with Crippen molar-refractivity contribution in [2.45, 2.75) is 29.8 Å². The van der Waals surface area contributed by atoms with Crippen molar-refractivity contribution in [1.29, 1.82) is 0 Å². The van der Waals surface area contributed by atoms with Gasteiger partial charge < -0.3 is 5.11 Å². The fraction of sp³-hybridized carbons (Fsp3) is 0.273. The summed E-state index contributed by atoms with van der Waals surface area (Å²) < 4.78 is 0. The molecule has 1 N–H and O–H groups in total. The summed E-state index contributed by atoms with van der Waals surface area (Å²) in [6.07, 6.45) is 5.54. The van der Waals surface area contributed by atoms with E-state index in [9.17, 15) is 9.90 Å². The molecule has 1 fully saturated rings. The van der Waals surface area contributed by atoms with Gasteiger partial charge in [0.25, 0.3) is 0 Å². The summed E-state index contributed by atoms with van der Waals surface area (Å²) in [7, 11) is 0. The molecule has 1 aliphatic rings. The van der Waals surface area contributed by atoms with Crippen LogP contribution in [0.3, 0.4) is 0 Å². The number of para-hydroxylation sites is 1. The van der Waals surface area contributed by atoms with E-state index in [1.807, 2.05) is 24.4 Å². The van der Waals surface area contributed by atoms with Gasteiger partial charge >= 0.3 is 5.97 Å². The summed E-state index contributed by atoms with van der Waals surface area (Å²) in [4.78, 5) is 19.8. The number of rotatable bonds is 5. The molecule has 2 unspecified atom stereocenters. The van der Waals surface area contributed by atoms with Crippen LogP contribution in [0.15, 0.2) is 65.7 Å². The fourth-order valence-corrected chi connectivity index (χ4v) is 4.37. The van der Waals surface area contributed by atoms with E-state index in [1.165, 1.54) is 4.90 Å². The lowest BCUT2D eigenvalue weighted by Gasteiger charge is -2.32. The molecular weight excluding hydrogens is 356 g/mol. The van der Waals surface area contributed by atoms with Crippen molar-refractivity contribution in [2.75, 3.05) is 12.8 Å². The van der Waals surface area contributed by atoms with Crippen molar-refractivity contribution in [1.82, 2.24) is 9.88 Å². The number of nitrogens with zero attached hydrogens (tertiary/aromatic N) is 2. The van der Waals surface area contributed by atoms with E-state index in [0.29, 0.717) is 6.42 Å². The molecule has 4 nitrogen and oxygen atoms in total. The SMILES string of the molecule is CSc1ccc(C(c2cnc3ccccc3c2)N2CCCC2C(=O)O)cc1. The third-order valence-electron chi connectivity index (χ3n) is 5.27. The zero-order valence-corrected chi connectivity index (χ0v) is 16.0. The molecule has 4 rings (SSSR count). The number of carboxylic acid groups (broad SMARTS) is 1. The van der Waals surface area contributed by atoms with Crippen molar-refractivity contribution >= 4 is 28.6 Å². The molecule has 3 aromatic rings. The van der Waals surface area contributed by atoms with Crippen LogP contribution in [0.5, 0.6) is 0 Å². The Labute approximate surface area is 163 Å². The van der Waals surface area contributed by atoms with Crippen LogP contribution >= 0.6 is 11.8 Å². The van der Waals surface area contributed by atoms with Gasteiger partial charge in [-0.2, -0.15) is 0 Å². The molecule has 2 heterocycles. The first-order chi connectivity index (χ1) is 13.2. The van der Waals surface area contributed by atoms with E-state index in [4.69, 9.17) is 0 Å². The number of fused-ring (bicyclic) bond motifs is 1. The maximum atomic E-state index is 11.8. The van der Waals surface area contributed by atoms with Crippen LogP contribution in [0.2, 0.25) is 0 Å². The minimum Gasteiger partial charge on any atom is -0.480 e. The van der Waals surface area contributed by atoms with Gasteiger partial charge in [-0.3, -0.25) is 14.7 Å². The Morgan fingerprint density at radius 3 is 2.70 bits per heavy atom. The van der Waals surface area contributed by atoms with E-state index in [2.05, 4.69) is 52.5 Å². The second kappa shape index (κ2) is 7.71. The second-order valence-electron chi connectivity index (χ2n) is 6.87. The van der Waals surface area contributed by atoms with E-state index in [1.54, 1.807) is 11.8 Å². The summed E-state index contributed by atoms with van der Waals surface area (Å²) in [6.45, 7) is 0.777. The highest BCUT2D eigenvalue weighted by atomic mass is 32.2. The van der Waals surface area contributed by atoms with E-state index in [0.717, 1.165) is 35.0 Å². The van der Waals surface area contributed by atoms with Crippen LogP contribution in [-0.2, 0) is 4.79 Å². The summed E-state index contributed by atoms with van der Waals surface area (Å²) in [5.41, 5.74) is 3.10. The number of likely N-dealkylation sites (tertiary alicyclic amines) is 1. The molecule has 5 heteroatoms. The van der Waals surface area contributed by atoms with Crippen molar-refractivity contribution in [3.05, 3.63) is 71.9 Å². The normalized spacial score (nSPS) is 18.6. The number of hydrogen-bond donors (Lipinski definition) is 1. The first kappa shape index (κ1) is 18.0. The number of carbonyl (C=O) groups is 1. The molecule has 0 spiro atoms. The van der Waals surface area contributed by atoms with Crippen LogP contribution in [-0.4, -0.2) is 39.8 Å². The quantitative estimate of drug-likeness (QED) is 0.658. The van der Waals surface area contributed by atoms with Gasteiger partial charge in [0.05, 0.1) is 11.6 Å². The molecular formula is C22H22N2O2S. The molecule has 1 saturated heterocycles. The maximum absolute atomic E-state index is 11.8. The van der Waals surface area contributed by atoms with E-state index in [-0.39, 0.29) is 6.04 Å². The van der Waals surface area contributed by atoms with Gasteiger partial charge in [0.1, 0.15) is 6.04 Å². The summed E-state index contributed by atoms with van der Waals surface area (Å²) in [5.74, 6) is -0.744. The van der Waals surface area contributed by atoms with Gasteiger partial charge in [-0.1, -0.05) is 30.3 Å². The van der Waals surface area contributed by atoms with Crippen molar-refractivity contribution in [3.63, 3.8) is 0 Å². The summed E-state index contributed by atoms with van der Waals surface area (Å²) >= 11 is 1.70. The molecule has 1 aromatic heterocycles. The van der Waals surface area contributed by atoms with Gasteiger partial charge in [-0.05, 0) is 54.5 Å². The van der Waals surface area contributed by atoms with Crippen molar-refractivity contribution in [3.8, 4) is 0 Å². The summed E-state index contributed by atoms with van der Waals surface area (Å²) in [6, 6.07) is 18.1. The molecule has 138 valence electrons. The molecule has 0 amide bonds. The monoisotopic (exact) mass is 378 g/mol. The average Bonchev–Trinajstić information content (AvgIpc) is 3.18. The van der Waals surface area contributed by atoms with Crippen LogP contribution < -0.4 is 0 Å². The van der Waals surface area contributed by atoms with Crippen LogP contribution in [0.25, 0.3) is 10.9 Å². The number of aliphatic carboxylic acids is 1. The Morgan fingerprint density at radius 2 is 1.96 bits per heavy atom. The Balaban J connectivity index is 1.82. The zero-order valence-electron chi connectivity index (χ0n) is 15.2. The summed E-state index contributed by atoms with van der Waals surface area (Å²) in [5, 5.41) is 10.8. The first-order valence-corrected chi connectivity index (χ1v) is 10.4. The number of benzene rings is 2. The lowest BCUT2D eigenvalue weighted by atomic mass is 9.96. The number of pyridine rings is 1. The predicted molar refractivity (Wildman–Crippen MR) is 109 cm³/mol. The third kappa shape index (κ3) is 3.57. The number of carboxylic acids is 1. The number of hydrogen-bond acceptors (Lipinski definition) is 4. The highest BCUT2D eigenvalue weighted by Gasteiger charge is 2.37. The van der Waals surface area contributed by atoms with E-state index >= 15 is 0 Å².